The van der Waals surface area contributed by atoms with Crippen molar-refractivity contribution in [3.05, 3.63) is 34.4 Å². The number of halogens is 1. The van der Waals surface area contributed by atoms with Crippen molar-refractivity contribution < 1.29 is 4.79 Å². The van der Waals surface area contributed by atoms with E-state index in [4.69, 9.17) is 0 Å². The van der Waals surface area contributed by atoms with Crippen LogP contribution in [0, 0.1) is 0 Å². The number of nitrogens with one attached hydrogen (secondary N) is 3. The van der Waals surface area contributed by atoms with Gasteiger partial charge in [-0.05, 0) is 37.6 Å². The molecule has 0 saturated carbocycles. The quantitative estimate of drug-likeness (QED) is 0.795. The summed E-state index contributed by atoms with van der Waals surface area (Å²) in [6.45, 7) is 1.91. The van der Waals surface area contributed by atoms with Crippen LogP contribution in [0.15, 0.2) is 28.7 Å². The monoisotopic (exact) mass is 321 g/mol. The van der Waals surface area contributed by atoms with Crippen molar-refractivity contribution >= 4 is 32.7 Å². The third kappa shape index (κ3) is 2.82. The first-order chi connectivity index (χ1) is 9.22. The van der Waals surface area contributed by atoms with Crippen LogP contribution in [0.2, 0.25) is 0 Å². The van der Waals surface area contributed by atoms with Crippen molar-refractivity contribution in [1.29, 1.82) is 0 Å². The standard InChI is InChI=1S/C14H16BrN3O/c15-10-4-3-9-6-13(18-12(9)7-10)14(19)17-11-2-1-5-16-8-11/h3-4,6-7,11,16,18H,1-2,5,8H2,(H,17,19). The second kappa shape index (κ2) is 5.35. The summed E-state index contributed by atoms with van der Waals surface area (Å²) in [5.74, 6) is -0.0268. The van der Waals surface area contributed by atoms with Crippen LogP contribution >= 0.6 is 15.9 Å². The topological polar surface area (TPSA) is 56.9 Å². The summed E-state index contributed by atoms with van der Waals surface area (Å²) in [6.07, 6.45) is 2.16. The number of H-pyrrole nitrogens is 1. The third-order valence-corrected chi connectivity index (χ3v) is 3.95. The van der Waals surface area contributed by atoms with Crippen LogP contribution in [-0.2, 0) is 0 Å². The molecule has 0 spiro atoms. The van der Waals surface area contributed by atoms with E-state index in [1.54, 1.807) is 0 Å². The largest absolute Gasteiger partial charge is 0.350 e. The van der Waals surface area contributed by atoms with Crippen LogP contribution in [0.3, 0.4) is 0 Å². The van der Waals surface area contributed by atoms with Crippen LogP contribution in [0.5, 0.6) is 0 Å². The van der Waals surface area contributed by atoms with E-state index in [1.807, 2.05) is 24.3 Å². The Hall–Kier alpha value is -1.33. The van der Waals surface area contributed by atoms with Crippen molar-refractivity contribution in [2.45, 2.75) is 18.9 Å². The first-order valence-corrected chi connectivity index (χ1v) is 7.31. The van der Waals surface area contributed by atoms with Crippen LogP contribution < -0.4 is 10.6 Å². The Morgan fingerprint density at radius 3 is 3.05 bits per heavy atom. The molecule has 1 atom stereocenters. The van der Waals surface area contributed by atoms with Gasteiger partial charge in [0, 0.05) is 28.0 Å². The molecule has 1 fully saturated rings. The molecule has 1 amide bonds. The molecule has 3 rings (SSSR count). The smallest absolute Gasteiger partial charge is 0.267 e. The zero-order valence-electron chi connectivity index (χ0n) is 10.5. The van der Waals surface area contributed by atoms with Crippen molar-refractivity contribution in [2.75, 3.05) is 13.1 Å². The molecule has 0 aliphatic carbocycles. The van der Waals surface area contributed by atoms with Crippen molar-refractivity contribution in [1.82, 2.24) is 15.6 Å². The lowest BCUT2D eigenvalue weighted by Gasteiger charge is -2.23. The van der Waals surface area contributed by atoms with Gasteiger partial charge in [-0.2, -0.15) is 0 Å². The first kappa shape index (κ1) is 12.7. The Labute approximate surface area is 120 Å². The van der Waals surface area contributed by atoms with E-state index < -0.39 is 0 Å². The Balaban J connectivity index is 1.77. The molecule has 2 heterocycles. The Bertz CT molecular complexity index is 602. The highest BCUT2D eigenvalue weighted by Gasteiger charge is 2.17. The lowest BCUT2D eigenvalue weighted by molar-refractivity contribution is 0.0926. The molecule has 0 radical (unpaired) electrons. The fourth-order valence-corrected chi connectivity index (χ4v) is 2.82. The fraction of sp³-hybridized carbons (Fsp3) is 0.357. The van der Waals surface area contributed by atoms with Gasteiger partial charge >= 0.3 is 0 Å². The summed E-state index contributed by atoms with van der Waals surface area (Å²) in [5, 5.41) is 7.41. The molecular weight excluding hydrogens is 306 g/mol. The number of rotatable bonds is 2. The average Bonchev–Trinajstić information content (AvgIpc) is 2.83. The highest BCUT2D eigenvalue weighted by Crippen LogP contribution is 2.20. The van der Waals surface area contributed by atoms with Crippen molar-refractivity contribution in [3.8, 4) is 0 Å². The van der Waals surface area contributed by atoms with Crippen LogP contribution in [0.1, 0.15) is 23.3 Å². The molecule has 100 valence electrons. The lowest BCUT2D eigenvalue weighted by atomic mass is 10.1. The van der Waals surface area contributed by atoms with Gasteiger partial charge in [-0.25, -0.2) is 0 Å². The summed E-state index contributed by atoms with van der Waals surface area (Å²) in [5.41, 5.74) is 1.60. The predicted molar refractivity (Wildman–Crippen MR) is 79.4 cm³/mol. The minimum absolute atomic E-state index is 0.0268. The van der Waals surface area contributed by atoms with Crippen molar-refractivity contribution in [3.63, 3.8) is 0 Å². The van der Waals surface area contributed by atoms with Gasteiger partial charge in [0.1, 0.15) is 5.69 Å². The number of carbonyl (C=O) groups excluding carboxylic acids is 1. The number of amides is 1. The number of aromatic amines is 1. The molecule has 5 heteroatoms. The molecule has 3 N–H and O–H groups in total. The maximum absolute atomic E-state index is 12.2. The van der Waals surface area contributed by atoms with E-state index in [2.05, 4.69) is 31.5 Å². The van der Waals surface area contributed by atoms with Gasteiger partial charge in [0.05, 0.1) is 0 Å². The van der Waals surface area contributed by atoms with E-state index in [9.17, 15) is 4.79 Å². The minimum Gasteiger partial charge on any atom is -0.350 e. The van der Waals surface area contributed by atoms with Crippen LogP contribution in [0.25, 0.3) is 10.9 Å². The van der Waals surface area contributed by atoms with Gasteiger partial charge in [0.15, 0.2) is 0 Å². The summed E-state index contributed by atoms with van der Waals surface area (Å²) in [4.78, 5) is 15.3. The zero-order valence-corrected chi connectivity index (χ0v) is 12.1. The molecule has 19 heavy (non-hydrogen) atoms. The maximum Gasteiger partial charge on any atom is 0.267 e. The van der Waals surface area contributed by atoms with E-state index in [1.165, 1.54) is 0 Å². The average molecular weight is 322 g/mol. The normalized spacial score (nSPS) is 19.5. The van der Waals surface area contributed by atoms with Crippen molar-refractivity contribution in [2.24, 2.45) is 0 Å². The number of fused-ring (bicyclic) bond motifs is 1. The number of piperidine rings is 1. The molecule has 4 nitrogen and oxygen atoms in total. The van der Waals surface area contributed by atoms with E-state index in [0.29, 0.717) is 5.69 Å². The second-order valence-corrected chi connectivity index (χ2v) is 5.85. The third-order valence-electron chi connectivity index (χ3n) is 3.46. The highest BCUT2D eigenvalue weighted by atomic mass is 79.9. The summed E-state index contributed by atoms with van der Waals surface area (Å²) in [7, 11) is 0. The van der Waals surface area contributed by atoms with E-state index in [0.717, 1.165) is 41.3 Å². The lowest BCUT2D eigenvalue weighted by Crippen LogP contribution is -2.45. The van der Waals surface area contributed by atoms with Gasteiger partial charge in [0.2, 0.25) is 0 Å². The van der Waals surface area contributed by atoms with E-state index in [-0.39, 0.29) is 11.9 Å². The maximum atomic E-state index is 12.2. The zero-order chi connectivity index (χ0) is 13.2. The Morgan fingerprint density at radius 1 is 1.37 bits per heavy atom. The molecule has 1 aromatic carbocycles. The number of aromatic nitrogens is 1. The predicted octanol–water partition coefficient (Wildman–Crippen LogP) is 2.41. The number of carbonyl (C=O) groups is 1. The van der Waals surface area contributed by atoms with Crippen LogP contribution in [0.4, 0.5) is 0 Å². The molecule has 1 aliphatic heterocycles. The molecule has 1 saturated heterocycles. The molecule has 0 bridgehead atoms. The summed E-state index contributed by atoms with van der Waals surface area (Å²) < 4.78 is 1.00. The SMILES string of the molecule is O=C(NC1CCCNC1)c1cc2ccc(Br)cc2[nH]1. The van der Waals surface area contributed by atoms with Gasteiger partial charge in [-0.15, -0.1) is 0 Å². The highest BCUT2D eigenvalue weighted by molar-refractivity contribution is 9.10. The Kier molecular flexibility index (Phi) is 3.57. The molecular formula is C14H16BrN3O. The number of hydrogen-bond donors (Lipinski definition) is 3. The fourth-order valence-electron chi connectivity index (χ4n) is 2.46. The molecule has 1 aromatic heterocycles. The second-order valence-electron chi connectivity index (χ2n) is 4.93. The number of benzene rings is 1. The number of hydrogen-bond acceptors (Lipinski definition) is 2. The molecule has 2 aromatic rings. The van der Waals surface area contributed by atoms with Gasteiger partial charge < -0.3 is 15.6 Å². The summed E-state index contributed by atoms with van der Waals surface area (Å²) in [6, 6.07) is 8.08. The van der Waals surface area contributed by atoms with E-state index >= 15 is 0 Å². The summed E-state index contributed by atoms with van der Waals surface area (Å²) >= 11 is 3.43. The first-order valence-electron chi connectivity index (χ1n) is 6.52. The van der Waals surface area contributed by atoms with Gasteiger partial charge in [-0.1, -0.05) is 22.0 Å². The molecule has 1 unspecified atom stereocenters. The molecule has 1 aliphatic rings. The van der Waals surface area contributed by atoms with Gasteiger partial charge in [0.25, 0.3) is 5.91 Å². The Morgan fingerprint density at radius 2 is 2.26 bits per heavy atom. The van der Waals surface area contributed by atoms with Crippen LogP contribution in [-0.4, -0.2) is 30.0 Å². The minimum atomic E-state index is -0.0268. The van der Waals surface area contributed by atoms with Gasteiger partial charge in [-0.3, -0.25) is 4.79 Å².